The van der Waals surface area contributed by atoms with E-state index in [-0.39, 0.29) is 30.5 Å². The molecule has 29 heavy (non-hydrogen) atoms. The topological polar surface area (TPSA) is 66.3 Å². The first-order valence-electron chi connectivity index (χ1n) is 9.12. The number of aliphatic imine (C=N–C) groups is 1. The Morgan fingerprint density at radius 2 is 1.79 bits per heavy atom. The highest BCUT2D eigenvalue weighted by molar-refractivity contribution is 14.0. The molecule has 160 valence electrons. The third kappa shape index (κ3) is 7.56. The molecule has 0 fully saturated rings. The molecule has 2 aromatic carbocycles. The van der Waals surface area contributed by atoms with Crippen molar-refractivity contribution in [3.63, 3.8) is 0 Å². The van der Waals surface area contributed by atoms with Gasteiger partial charge in [0, 0.05) is 25.2 Å². The van der Waals surface area contributed by atoms with Crippen molar-refractivity contribution in [3.8, 4) is 11.5 Å². The maximum atomic E-state index is 10.6. The third-order valence-corrected chi connectivity index (χ3v) is 4.49. The van der Waals surface area contributed by atoms with Gasteiger partial charge < -0.3 is 24.8 Å². The molecule has 6 nitrogen and oxygen atoms in total. The van der Waals surface area contributed by atoms with Crippen molar-refractivity contribution in [2.45, 2.75) is 19.6 Å². The van der Waals surface area contributed by atoms with E-state index >= 15 is 0 Å². The van der Waals surface area contributed by atoms with Crippen molar-refractivity contribution in [1.82, 2.24) is 10.2 Å². The summed E-state index contributed by atoms with van der Waals surface area (Å²) in [6.07, 6.45) is -0.752. The van der Waals surface area contributed by atoms with Crippen LogP contribution >= 0.6 is 35.6 Å². The van der Waals surface area contributed by atoms with E-state index in [0.717, 1.165) is 23.6 Å². The van der Waals surface area contributed by atoms with Crippen LogP contribution < -0.4 is 14.8 Å². The summed E-state index contributed by atoms with van der Waals surface area (Å²) in [5.41, 5.74) is 1.84. The number of hydrogen-bond donors (Lipinski definition) is 2. The van der Waals surface area contributed by atoms with Gasteiger partial charge in [0.05, 0.1) is 26.9 Å². The van der Waals surface area contributed by atoms with Gasteiger partial charge in [0.1, 0.15) is 0 Å². The van der Waals surface area contributed by atoms with E-state index in [4.69, 9.17) is 21.1 Å². The Morgan fingerprint density at radius 1 is 1.14 bits per heavy atom. The SMILES string of the molecule is CCNC(=NCC(O)c1ccc(OC)c(OC)c1)N(C)Cc1ccc(Cl)cc1.I. The van der Waals surface area contributed by atoms with Crippen LogP contribution in [0.15, 0.2) is 47.5 Å². The fraction of sp³-hybridized carbons (Fsp3) is 0.381. The molecule has 0 saturated carbocycles. The van der Waals surface area contributed by atoms with Crippen LogP contribution in [0.5, 0.6) is 11.5 Å². The first-order valence-corrected chi connectivity index (χ1v) is 9.50. The fourth-order valence-electron chi connectivity index (χ4n) is 2.75. The van der Waals surface area contributed by atoms with E-state index in [2.05, 4.69) is 10.3 Å². The van der Waals surface area contributed by atoms with Crippen LogP contribution in [0.25, 0.3) is 0 Å². The highest BCUT2D eigenvalue weighted by Gasteiger charge is 2.13. The van der Waals surface area contributed by atoms with Crippen molar-refractivity contribution in [2.75, 3.05) is 34.4 Å². The third-order valence-electron chi connectivity index (χ3n) is 4.24. The van der Waals surface area contributed by atoms with Crippen molar-refractivity contribution in [3.05, 3.63) is 58.6 Å². The van der Waals surface area contributed by atoms with Crippen molar-refractivity contribution < 1.29 is 14.6 Å². The maximum Gasteiger partial charge on any atom is 0.194 e. The quantitative estimate of drug-likeness (QED) is 0.304. The van der Waals surface area contributed by atoms with E-state index in [1.807, 2.05) is 49.2 Å². The minimum absolute atomic E-state index is 0. The monoisotopic (exact) mass is 533 g/mol. The molecule has 2 aromatic rings. The summed E-state index contributed by atoms with van der Waals surface area (Å²) in [7, 11) is 5.11. The molecule has 0 aliphatic heterocycles. The van der Waals surface area contributed by atoms with Gasteiger partial charge in [-0.25, -0.2) is 0 Å². The lowest BCUT2D eigenvalue weighted by molar-refractivity contribution is 0.186. The number of aliphatic hydroxyl groups is 1. The Morgan fingerprint density at radius 3 is 2.38 bits per heavy atom. The average Bonchev–Trinajstić information content (AvgIpc) is 2.71. The summed E-state index contributed by atoms with van der Waals surface area (Å²) in [5, 5.41) is 14.5. The average molecular weight is 534 g/mol. The summed E-state index contributed by atoms with van der Waals surface area (Å²) in [6, 6.07) is 13.1. The number of benzene rings is 2. The molecule has 0 heterocycles. The molecule has 2 rings (SSSR count). The number of nitrogens with one attached hydrogen (secondary N) is 1. The van der Waals surface area contributed by atoms with Gasteiger partial charge in [0.2, 0.25) is 0 Å². The second kappa shape index (κ2) is 12.8. The van der Waals surface area contributed by atoms with E-state index in [9.17, 15) is 5.11 Å². The van der Waals surface area contributed by atoms with Crippen LogP contribution in [0, 0.1) is 0 Å². The Bertz CT molecular complexity index is 787. The highest BCUT2D eigenvalue weighted by atomic mass is 127. The summed E-state index contributed by atoms with van der Waals surface area (Å²) in [4.78, 5) is 6.59. The Labute approximate surface area is 194 Å². The number of ether oxygens (including phenoxy) is 2. The molecule has 0 aliphatic rings. The van der Waals surface area contributed by atoms with Crippen molar-refractivity contribution in [2.24, 2.45) is 4.99 Å². The van der Waals surface area contributed by atoms with Crippen molar-refractivity contribution in [1.29, 1.82) is 0 Å². The van der Waals surface area contributed by atoms with Gasteiger partial charge in [-0.05, 0) is 42.3 Å². The van der Waals surface area contributed by atoms with Gasteiger partial charge >= 0.3 is 0 Å². The van der Waals surface area contributed by atoms with Crippen molar-refractivity contribution >= 4 is 41.5 Å². The predicted molar refractivity (Wildman–Crippen MR) is 129 cm³/mol. The summed E-state index contributed by atoms with van der Waals surface area (Å²) >= 11 is 5.95. The van der Waals surface area contributed by atoms with Gasteiger partial charge in [-0.15, -0.1) is 24.0 Å². The normalized spacial score (nSPS) is 12.0. The Kier molecular flexibility index (Phi) is 11.2. The highest BCUT2D eigenvalue weighted by Crippen LogP contribution is 2.30. The molecule has 0 amide bonds. The molecule has 8 heteroatoms. The lowest BCUT2D eigenvalue weighted by Crippen LogP contribution is -2.38. The summed E-state index contributed by atoms with van der Waals surface area (Å²) in [6.45, 7) is 3.64. The Balaban J connectivity index is 0.00000420. The molecule has 1 atom stereocenters. The molecule has 0 bridgehead atoms. The zero-order valence-corrected chi connectivity index (χ0v) is 20.3. The lowest BCUT2D eigenvalue weighted by Gasteiger charge is -2.23. The number of rotatable bonds is 8. The van der Waals surface area contributed by atoms with Crippen LogP contribution in [0.2, 0.25) is 5.02 Å². The zero-order chi connectivity index (χ0) is 20.5. The molecule has 0 radical (unpaired) electrons. The first kappa shape index (κ1) is 25.3. The van der Waals surface area contributed by atoms with Gasteiger partial charge in [0.15, 0.2) is 17.5 Å². The Hall–Kier alpha value is -1.71. The van der Waals surface area contributed by atoms with Gasteiger partial charge in [0.25, 0.3) is 0 Å². The van der Waals surface area contributed by atoms with E-state index in [1.165, 1.54) is 0 Å². The molecule has 2 N–H and O–H groups in total. The zero-order valence-electron chi connectivity index (χ0n) is 17.2. The second-order valence-corrected chi connectivity index (χ2v) is 6.74. The first-order chi connectivity index (χ1) is 13.5. The number of guanidine groups is 1. The summed E-state index contributed by atoms with van der Waals surface area (Å²) < 4.78 is 10.5. The molecule has 0 spiro atoms. The molecular weight excluding hydrogens is 505 g/mol. The van der Waals surface area contributed by atoms with E-state index in [0.29, 0.717) is 23.1 Å². The second-order valence-electron chi connectivity index (χ2n) is 6.31. The number of aliphatic hydroxyl groups excluding tert-OH is 1. The molecule has 1 unspecified atom stereocenters. The minimum atomic E-state index is -0.752. The van der Waals surface area contributed by atoms with Gasteiger partial charge in [-0.3, -0.25) is 4.99 Å². The number of nitrogens with zero attached hydrogens (tertiary/aromatic N) is 2. The molecule has 0 aliphatic carbocycles. The predicted octanol–water partition coefficient (Wildman–Crippen LogP) is 4.11. The smallest absolute Gasteiger partial charge is 0.194 e. The van der Waals surface area contributed by atoms with Gasteiger partial charge in [-0.2, -0.15) is 0 Å². The minimum Gasteiger partial charge on any atom is -0.493 e. The van der Waals surface area contributed by atoms with E-state index < -0.39 is 6.10 Å². The van der Waals surface area contributed by atoms with Crippen LogP contribution in [-0.4, -0.2) is 50.3 Å². The van der Waals surface area contributed by atoms with Crippen LogP contribution in [0.1, 0.15) is 24.2 Å². The molecule has 0 aromatic heterocycles. The number of halogens is 2. The van der Waals surface area contributed by atoms with Crippen LogP contribution in [0.4, 0.5) is 0 Å². The maximum absolute atomic E-state index is 10.6. The van der Waals surface area contributed by atoms with Crippen LogP contribution in [-0.2, 0) is 6.54 Å². The largest absolute Gasteiger partial charge is 0.493 e. The summed E-state index contributed by atoms with van der Waals surface area (Å²) in [5.74, 6) is 1.92. The fourth-order valence-corrected chi connectivity index (χ4v) is 2.87. The molecule has 0 saturated heterocycles. The number of methoxy groups -OCH3 is 2. The van der Waals surface area contributed by atoms with E-state index in [1.54, 1.807) is 26.4 Å². The standard InChI is InChI=1S/C21H28ClN3O3.HI/c1-5-23-21(25(2)14-15-6-9-17(22)10-7-15)24-13-18(26)16-8-11-19(27-3)20(12-16)28-4;/h6-12,18,26H,5,13-14H2,1-4H3,(H,23,24);1H. The number of hydrogen-bond acceptors (Lipinski definition) is 4. The lowest BCUT2D eigenvalue weighted by atomic mass is 10.1. The van der Waals surface area contributed by atoms with Crippen LogP contribution in [0.3, 0.4) is 0 Å². The molecular formula is C21H29ClIN3O3. The van der Waals surface area contributed by atoms with Gasteiger partial charge in [-0.1, -0.05) is 29.8 Å².